The molecule has 0 radical (unpaired) electrons. The number of piperidine rings is 1. The first-order valence-corrected chi connectivity index (χ1v) is 8.82. The van der Waals surface area contributed by atoms with Gasteiger partial charge in [-0.3, -0.25) is 0 Å². The van der Waals surface area contributed by atoms with Crippen molar-refractivity contribution >= 4 is 54.7 Å². The number of isothiocyanates is 1. The Morgan fingerprint density at radius 2 is 2.11 bits per heavy atom. The minimum Gasteiger partial charge on any atom is -0.228 e. The fourth-order valence-corrected chi connectivity index (χ4v) is 6.27. The van der Waals surface area contributed by atoms with Gasteiger partial charge in [0.15, 0.2) is 0 Å². The van der Waals surface area contributed by atoms with E-state index in [-0.39, 0.29) is 6.04 Å². The zero-order chi connectivity index (χ0) is 12.9. The summed E-state index contributed by atoms with van der Waals surface area (Å²) in [5.74, 6) is 0.664. The first-order chi connectivity index (χ1) is 8.54. The highest BCUT2D eigenvalue weighted by Crippen LogP contribution is 2.49. The van der Waals surface area contributed by atoms with Gasteiger partial charge in [-0.05, 0) is 40.3 Å². The van der Waals surface area contributed by atoms with E-state index >= 15 is 0 Å². The molecule has 1 saturated carbocycles. The third kappa shape index (κ3) is 2.01. The molecule has 1 aliphatic heterocycles. The van der Waals surface area contributed by atoms with E-state index in [0.29, 0.717) is 29.1 Å². The van der Waals surface area contributed by atoms with Crippen LogP contribution in [0.1, 0.15) is 0 Å². The Hall–Kier alpha value is -0.110. The zero-order valence-electron chi connectivity index (χ0n) is 9.11. The van der Waals surface area contributed by atoms with Gasteiger partial charge in [0.1, 0.15) is 4.21 Å². The molecule has 96 valence electrons. The summed E-state index contributed by atoms with van der Waals surface area (Å²) in [6.45, 7) is 1.10. The predicted octanol–water partition coefficient (Wildman–Crippen LogP) is 2.23. The second kappa shape index (κ2) is 4.47. The van der Waals surface area contributed by atoms with Crippen molar-refractivity contribution in [2.24, 2.45) is 16.8 Å². The quantitative estimate of drug-likeness (QED) is 0.610. The van der Waals surface area contributed by atoms with Gasteiger partial charge >= 0.3 is 0 Å². The number of hydrogen-bond acceptors (Lipinski definition) is 5. The maximum Gasteiger partial charge on any atom is 0.252 e. The number of hydrogen-bond donors (Lipinski definition) is 0. The van der Waals surface area contributed by atoms with Gasteiger partial charge in [-0.15, -0.1) is 11.3 Å². The molecule has 1 aliphatic carbocycles. The number of halogens is 1. The summed E-state index contributed by atoms with van der Waals surface area (Å²) >= 11 is 9.10. The van der Waals surface area contributed by atoms with E-state index < -0.39 is 10.0 Å². The Morgan fingerprint density at radius 3 is 2.61 bits per heavy atom. The first kappa shape index (κ1) is 12.9. The lowest BCUT2D eigenvalue weighted by Gasteiger charge is -2.17. The number of thiocarbonyl (C=S) groups is 1. The highest BCUT2D eigenvalue weighted by atomic mass is 79.9. The Bertz CT molecular complexity index is 623. The highest BCUT2D eigenvalue weighted by molar-refractivity contribution is 9.11. The highest BCUT2D eigenvalue weighted by Gasteiger charge is 2.58. The van der Waals surface area contributed by atoms with Gasteiger partial charge in [0, 0.05) is 24.9 Å². The number of sulfonamides is 1. The van der Waals surface area contributed by atoms with Crippen LogP contribution in [0.2, 0.25) is 0 Å². The van der Waals surface area contributed by atoms with Crippen LogP contribution in [0.3, 0.4) is 0 Å². The fraction of sp³-hybridized carbons (Fsp3) is 0.500. The SMILES string of the molecule is O=S(=O)(c1ccc(Br)s1)N1CC2C(C1)C2N=C=S. The number of fused-ring (bicyclic) bond motifs is 1. The van der Waals surface area contributed by atoms with Crippen LogP contribution in [-0.4, -0.2) is 37.0 Å². The summed E-state index contributed by atoms with van der Waals surface area (Å²) in [5, 5.41) is 2.38. The van der Waals surface area contributed by atoms with E-state index in [1.807, 2.05) is 0 Å². The van der Waals surface area contributed by atoms with Crippen LogP contribution in [0.5, 0.6) is 0 Å². The van der Waals surface area contributed by atoms with E-state index in [1.165, 1.54) is 11.3 Å². The van der Waals surface area contributed by atoms with E-state index in [0.717, 1.165) is 3.79 Å². The van der Waals surface area contributed by atoms with Gasteiger partial charge in [-0.25, -0.2) is 13.4 Å². The average molecular weight is 365 g/mol. The smallest absolute Gasteiger partial charge is 0.228 e. The minimum atomic E-state index is -3.33. The van der Waals surface area contributed by atoms with Gasteiger partial charge in [0.25, 0.3) is 10.0 Å². The molecule has 18 heavy (non-hydrogen) atoms. The standard InChI is InChI=1S/C10H9BrN2O2S3/c11-8-1-2-9(17-8)18(14,15)13-3-6-7(4-13)10(6)12-5-16/h1-2,6-7,10H,3-4H2. The third-order valence-electron chi connectivity index (χ3n) is 3.46. The van der Waals surface area contributed by atoms with Crippen LogP contribution in [0.25, 0.3) is 0 Å². The van der Waals surface area contributed by atoms with Crippen LogP contribution in [0.4, 0.5) is 0 Å². The van der Waals surface area contributed by atoms with Crippen molar-refractivity contribution in [2.45, 2.75) is 10.3 Å². The van der Waals surface area contributed by atoms with Gasteiger partial charge in [0.05, 0.1) is 15.0 Å². The molecule has 1 aromatic heterocycles. The molecule has 3 rings (SSSR count). The summed E-state index contributed by atoms with van der Waals surface area (Å²) < 4.78 is 27.4. The maximum absolute atomic E-state index is 12.3. The van der Waals surface area contributed by atoms with E-state index in [1.54, 1.807) is 16.4 Å². The number of aliphatic imine (C=N–C) groups is 1. The van der Waals surface area contributed by atoms with Crippen LogP contribution in [0.15, 0.2) is 25.1 Å². The molecule has 0 spiro atoms. The molecule has 2 atom stereocenters. The van der Waals surface area contributed by atoms with Crippen molar-refractivity contribution in [3.8, 4) is 0 Å². The van der Waals surface area contributed by atoms with E-state index in [2.05, 4.69) is 38.3 Å². The van der Waals surface area contributed by atoms with Crippen molar-refractivity contribution in [3.05, 3.63) is 15.9 Å². The summed E-state index contributed by atoms with van der Waals surface area (Å²) in [6.07, 6.45) is 0. The lowest BCUT2D eigenvalue weighted by atomic mass is 10.4. The Labute approximate surface area is 123 Å². The van der Waals surface area contributed by atoms with Gasteiger partial charge in [-0.1, -0.05) is 0 Å². The largest absolute Gasteiger partial charge is 0.252 e. The first-order valence-electron chi connectivity index (χ1n) is 5.36. The third-order valence-corrected chi connectivity index (χ3v) is 7.49. The summed E-state index contributed by atoms with van der Waals surface area (Å²) in [4.78, 5) is 4.05. The summed E-state index contributed by atoms with van der Waals surface area (Å²) in [7, 11) is -3.33. The van der Waals surface area contributed by atoms with Crippen LogP contribution in [-0.2, 0) is 10.0 Å². The monoisotopic (exact) mass is 364 g/mol. The molecule has 1 saturated heterocycles. The predicted molar refractivity (Wildman–Crippen MR) is 76.6 cm³/mol. The molecule has 1 aromatic rings. The molecule has 0 N–H and O–H groups in total. The fourth-order valence-electron chi connectivity index (χ4n) is 2.47. The minimum absolute atomic E-state index is 0.198. The van der Waals surface area contributed by atoms with Crippen molar-refractivity contribution in [2.75, 3.05) is 13.1 Å². The Balaban J connectivity index is 1.77. The Kier molecular flexibility index (Phi) is 3.20. The number of thiophene rings is 1. The van der Waals surface area contributed by atoms with Crippen molar-refractivity contribution in [3.63, 3.8) is 0 Å². The molecule has 0 bridgehead atoms. The molecule has 8 heteroatoms. The molecule has 0 amide bonds. The summed E-state index contributed by atoms with van der Waals surface area (Å²) in [5.41, 5.74) is 0. The molecular weight excluding hydrogens is 356 g/mol. The molecule has 4 nitrogen and oxygen atoms in total. The average Bonchev–Trinajstić information content (AvgIpc) is 2.76. The second-order valence-corrected chi connectivity index (χ2v) is 9.23. The van der Waals surface area contributed by atoms with Crippen molar-refractivity contribution in [1.82, 2.24) is 4.31 Å². The van der Waals surface area contributed by atoms with Crippen LogP contribution in [0, 0.1) is 11.8 Å². The molecule has 0 aromatic carbocycles. The van der Waals surface area contributed by atoms with E-state index in [4.69, 9.17) is 0 Å². The molecular formula is C10H9BrN2O2S3. The lowest BCUT2D eigenvalue weighted by Crippen LogP contribution is -2.31. The van der Waals surface area contributed by atoms with Gasteiger partial charge in [-0.2, -0.15) is 4.31 Å². The van der Waals surface area contributed by atoms with Crippen LogP contribution >= 0.6 is 39.5 Å². The lowest BCUT2D eigenvalue weighted by molar-refractivity contribution is 0.434. The van der Waals surface area contributed by atoms with Crippen molar-refractivity contribution in [1.29, 1.82) is 0 Å². The van der Waals surface area contributed by atoms with Crippen molar-refractivity contribution < 1.29 is 8.42 Å². The molecule has 2 unspecified atom stereocenters. The molecule has 2 fully saturated rings. The second-order valence-electron chi connectivity index (χ2n) is 4.42. The van der Waals surface area contributed by atoms with Gasteiger partial charge < -0.3 is 0 Å². The molecule has 2 aliphatic rings. The Morgan fingerprint density at radius 1 is 1.44 bits per heavy atom. The normalized spacial score (nSPS) is 30.8. The maximum atomic E-state index is 12.3. The number of rotatable bonds is 3. The van der Waals surface area contributed by atoms with Crippen LogP contribution < -0.4 is 0 Å². The van der Waals surface area contributed by atoms with E-state index in [9.17, 15) is 8.42 Å². The zero-order valence-corrected chi connectivity index (χ0v) is 13.2. The molecule has 2 heterocycles. The number of nitrogens with zero attached hydrogens (tertiary/aromatic N) is 2. The van der Waals surface area contributed by atoms with Gasteiger partial charge in [0.2, 0.25) is 0 Å². The topological polar surface area (TPSA) is 49.7 Å². The summed E-state index contributed by atoms with van der Waals surface area (Å²) in [6, 6.07) is 3.60.